The second-order valence-corrected chi connectivity index (χ2v) is 3.30. The summed E-state index contributed by atoms with van der Waals surface area (Å²) >= 11 is 0. The van der Waals surface area contributed by atoms with Gasteiger partial charge in [-0.3, -0.25) is 10.1 Å². The Morgan fingerprint density at radius 3 is 2.82 bits per heavy atom. The average Bonchev–Trinajstić information content (AvgIpc) is 2.77. The van der Waals surface area contributed by atoms with E-state index in [0.717, 1.165) is 12.1 Å². The largest absolute Gasteiger partial charge is 0.390 e. The Kier molecular flexibility index (Phi) is 2.84. The first kappa shape index (κ1) is 11.2. The number of hydrogen-bond acceptors (Lipinski definition) is 4. The van der Waals surface area contributed by atoms with Crippen LogP contribution in [0.3, 0.4) is 0 Å². The minimum atomic E-state index is -0.685. The lowest BCUT2D eigenvalue weighted by Crippen LogP contribution is -2.02. The second kappa shape index (κ2) is 4.30. The summed E-state index contributed by atoms with van der Waals surface area (Å²) in [5, 5.41) is 23.5. The normalized spacial score (nSPS) is 10.5. The van der Waals surface area contributed by atoms with Crippen LogP contribution in [-0.4, -0.2) is 19.8 Å². The van der Waals surface area contributed by atoms with Gasteiger partial charge in [0.05, 0.1) is 23.3 Å². The number of hydrogen-bond donors (Lipinski definition) is 1. The van der Waals surface area contributed by atoms with Gasteiger partial charge in [-0.1, -0.05) is 0 Å². The fourth-order valence-corrected chi connectivity index (χ4v) is 1.42. The Morgan fingerprint density at radius 1 is 1.47 bits per heavy atom. The molecule has 1 N–H and O–H groups in total. The molecule has 7 heteroatoms. The van der Waals surface area contributed by atoms with E-state index in [1.54, 1.807) is 0 Å². The van der Waals surface area contributed by atoms with Crippen LogP contribution in [0.5, 0.6) is 0 Å². The Morgan fingerprint density at radius 2 is 2.24 bits per heavy atom. The number of benzene rings is 1. The fraction of sp³-hybridized carbons (Fsp3) is 0.100. The van der Waals surface area contributed by atoms with Gasteiger partial charge in [0.15, 0.2) is 0 Å². The number of aliphatic hydroxyl groups excluding tert-OH is 1. The van der Waals surface area contributed by atoms with Crippen LogP contribution in [0, 0.1) is 15.9 Å². The maximum absolute atomic E-state index is 12.9. The number of aliphatic hydroxyl groups is 1. The fourth-order valence-electron chi connectivity index (χ4n) is 1.42. The van der Waals surface area contributed by atoms with Crippen molar-refractivity contribution in [2.45, 2.75) is 6.61 Å². The lowest BCUT2D eigenvalue weighted by atomic mass is 10.2. The maximum Gasteiger partial charge on any atom is 0.297 e. The zero-order valence-electron chi connectivity index (χ0n) is 8.58. The van der Waals surface area contributed by atoms with Crippen molar-refractivity contribution in [2.24, 2.45) is 0 Å². The third-order valence-electron chi connectivity index (χ3n) is 2.19. The molecule has 0 radical (unpaired) electrons. The number of nitrogens with zero attached hydrogens (tertiary/aromatic N) is 3. The highest BCUT2D eigenvalue weighted by Gasteiger charge is 2.17. The molecule has 1 aromatic carbocycles. The molecule has 0 aliphatic rings. The predicted octanol–water partition coefficient (Wildman–Crippen LogP) is 1.41. The van der Waals surface area contributed by atoms with Crippen molar-refractivity contribution in [3.05, 3.63) is 52.1 Å². The number of rotatable bonds is 3. The molecule has 6 nitrogen and oxygen atoms in total. The summed E-state index contributed by atoms with van der Waals surface area (Å²) in [4.78, 5) is 10.1. The molecule has 88 valence electrons. The molecular formula is C10H8FN3O3. The quantitative estimate of drug-likeness (QED) is 0.646. The van der Waals surface area contributed by atoms with Crippen LogP contribution in [0.4, 0.5) is 10.1 Å². The van der Waals surface area contributed by atoms with Crippen molar-refractivity contribution >= 4 is 5.69 Å². The molecule has 0 atom stereocenters. The molecular weight excluding hydrogens is 229 g/mol. The number of halogens is 1. The predicted molar refractivity (Wildman–Crippen MR) is 56.1 cm³/mol. The summed E-state index contributed by atoms with van der Waals surface area (Å²) in [6.45, 7) is -0.262. The molecule has 0 spiro atoms. The van der Waals surface area contributed by atoms with Gasteiger partial charge in [0.25, 0.3) is 5.69 Å². The smallest absolute Gasteiger partial charge is 0.297 e. The molecule has 1 heterocycles. The van der Waals surface area contributed by atoms with E-state index in [4.69, 9.17) is 5.11 Å². The first-order chi connectivity index (χ1) is 8.11. The van der Waals surface area contributed by atoms with Gasteiger partial charge in [0.2, 0.25) is 0 Å². The van der Waals surface area contributed by atoms with Crippen molar-refractivity contribution in [1.29, 1.82) is 0 Å². The number of aromatic nitrogens is 2. The van der Waals surface area contributed by atoms with E-state index >= 15 is 0 Å². The van der Waals surface area contributed by atoms with Crippen LogP contribution in [0.1, 0.15) is 5.69 Å². The molecule has 0 saturated carbocycles. The van der Waals surface area contributed by atoms with Gasteiger partial charge in [-0.15, -0.1) is 0 Å². The van der Waals surface area contributed by atoms with Gasteiger partial charge in [0.1, 0.15) is 11.5 Å². The molecule has 0 aliphatic heterocycles. The number of nitro benzene ring substituents is 1. The van der Waals surface area contributed by atoms with E-state index in [1.165, 1.54) is 23.0 Å². The standard InChI is InChI=1S/C10H8FN3O3/c11-7-1-2-9(10(5-7)14(16)17)13-4-3-8(6-15)12-13/h1-5,15H,6H2. The van der Waals surface area contributed by atoms with Gasteiger partial charge < -0.3 is 5.11 Å². The SMILES string of the molecule is O=[N+]([O-])c1cc(F)ccc1-n1ccc(CO)n1. The van der Waals surface area contributed by atoms with Gasteiger partial charge in [-0.2, -0.15) is 5.10 Å². The Hall–Kier alpha value is -2.28. The van der Waals surface area contributed by atoms with E-state index in [1.807, 2.05) is 0 Å². The van der Waals surface area contributed by atoms with E-state index in [9.17, 15) is 14.5 Å². The summed E-state index contributed by atoms with van der Waals surface area (Å²) in [6, 6.07) is 4.73. The third kappa shape index (κ3) is 2.13. The van der Waals surface area contributed by atoms with E-state index < -0.39 is 10.7 Å². The van der Waals surface area contributed by atoms with Crippen molar-refractivity contribution in [3.8, 4) is 5.69 Å². The summed E-state index contributed by atoms with van der Waals surface area (Å²) in [5.41, 5.74) is 0.150. The Balaban J connectivity index is 2.54. The molecule has 0 fully saturated rings. The summed E-state index contributed by atoms with van der Waals surface area (Å²) in [6.07, 6.45) is 1.46. The summed E-state index contributed by atoms with van der Waals surface area (Å²) in [5.74, 6) is -0.685. The Labute approximate surface area is 95.1 Å². The van der Waals surface area contributed by atoms with Gasteiger partial charge in [-0.05, 0) is 18.2 Å². The van der Waals surface area contributed by atoms with E-state index in [2.05, 4.69) is 5.10 Å². The van der Waals surface area contributed by atoms with Crippen LogP contribution in [0.2, 0.25) is 0 Å². The van der Waals surface area contributed by atoms with Crippen LogP contribution in [-0.2, 0) is 6.61 Å². The Bertz CT molecular complexity index is 568. The monoisotopic (exact) mass is 237 g/mol. The molecule has 2 aromatic rings. The first-order valence-corrected chi connectivity index (χ1v) is 4.71. The lowest BCUT2D eigenvalue weighted by Gasteiger charge is -2.02. The molecule has 0 aliphatic carbocycles. The van der Waals surface area contributed by atoms with Crippen LogP contribution in [0.15, 0.2) is 30.5 Å². The first-order valence-electron chi connectivity index (χ1n) is 4.71. The highest BCUT2D eigenvalue weighted by atomic mass is 19.1. The molecule has 0 bridgehead atoms. The van der Waals surface area contributed by atoms with Crippen molar-refractivity contribution in [2.75, 3.05) is 0 Å². The van der Waals surface area contributed by atoms with Crippen molar-refractivity contribution in [3.63, 3.8) is 0 Å². The van der Waals surface area contributed by atoms with Crippen molar-refractivity contribution < 1.29 is 14.4 Å². The highest BCUT2D eigenvalue weighted by Crippen LogP contribution is 2.23. The summed E-state index contributed by atoms with van der Waals surface area (Å²) in [7, 11) is 0. The zero-order chi connectivity index (χ0) is 12.4. The lowest BCUT2D eigenvalue weighted by molar-refractivity contribution is -0.384. The van der Waals surface area contributed by atoms with Gasteiger partial charge in [-0.25, -0.2) is 9.07 Å². The van der Waals surface area contributed by atoms with E-state index in [-0.39, 0.29) is 18.0 Å². The van der Waals surface area contributed by atoms with Crippen LogP contribution < -0.4 is 0 Å². The molecule has 2 rings (SSSR count). The highest BCUT2D eigenvalue weighted by molar-refractivity contribution is 5.51. The third-order valence-corrected chi connectivity index (χ3v) is 2.19. The molecule has 0 saturated heterocycles. The van der Waals surface area contributed by atoms with Crippen molar-refractivity contribution in [1.82, 2.24) is 9.78 Å². The van der Waals surface area contributed by atoms with E-state index in [0.29, 0.717) is 5.69 Å². The van der Waals surface area contributed by atoms with Gasteiger partial charge >= 0.3 is 0 Å². The molecule has 17 heavy (non-hydrogen) atoms. The molecule has 0 amide bonds. The van der Waals surface area contributed by atoms with Gasteiger partial charge in [0, 0.05) is 6.20 Å². The average molecular weight is 237 g/mol. The molecule has 0 unspecified atom stereocenters. The minimum absolute atomic E-state index is 0.149. The second-order valence-electron chi connectivity index (χ2n) is 3.30. The maximum atomic E-state index is 12.9. The number of nitro groups is 1. The van der Waals surface area contributed by atoms with Crippen LogP contribution in [0.25, 0.3) is 5.69 Å². The van der Waals surface area contributed by atoms with Crippen LogP contribution >= 0.6 is 0 Å². The minimum Gasteiger partial charge on any atom is -0.390 e. The topological polar surface area (TPSA) is 81.2 Å². The summed E-state index contributed by atoms with van der Waals surface area (Å²) < 4.78 is 14.1. The zero-order valence-corrected chi connectivity index (χ0v) is 8.58. The molecule has 1 aromatic heterocycles.